The molecular formula is C37H41IrN3O-2. The monoisotopic (exact) mass is 736 g/mol. The van der Waals surface area contributed by atoms with Gasteiger partial charge in [0.05, 0.1) is 11.8 Å². The number of nitrogens with zero attached hydrogens (tertiary/aromatic N) is 3. The van der Waals surface area contributed by atoms with Crippen molar-refractivity contribution >= 4 is 27.3 Å². The molecule has 0 N–H and O–H groups in total. The Morgan fingerprint density at radius 1 is 0.905 bits per heavy atom. The van der Waals surface area contributed by atoms with Crippen LogP contribution >= 0.6 is 0 Å². The van der Waals surface area contributed by atoms with E-state index in [4.69, 9.17) is 15.0 Å². The van der Waals surface area contributed by atoms with E-state index in [9.17, 15) is 0 Å². The number of aromatic nitrogens is 1. The fourth-order valence-electron chi connectivity index (χ4n) is 6.59. The number of hydrogen-bond acceptors (Lipinski definition) is 3. The van der Waals surface area contributed by atoms with Crippen LogP contribution in [0.1, 0.15) is 83.6 Å². The normalized spacial score (nSPS) is 17.5. The maximum Gasteiger partial charge on any atom is 0.119 e. The van der Waals surface area contributed by atoms with Crippen LogP contribution in [0.25, 0.3) is 38.1 Å². The van der Waals surface area contributed by atoms with Gasteiger partial charge >= 0.3 is 0 Å². The van der Waals surface area contributed by atoms with Crippen molar-refractivity contribution in [2.75, 3.05) is 0 Å². The SMILES string of the molecule is CC(/C=C(/C)[N-]C1CCCCC1)=NC1CCCCC1.Cc1cc2c3c(nccc3c1)-c1[c-]c3ccccc3cc1O2.[Ir]. The van der Waals surface area contributed by atoms with Crippen LogP contribution in [0, 0.1) is 13.0 Å². The van der Waals surface area contributed by atoms with Gasteiger partial charge in [0, 0.05) is 43.1 Å². The van der Waals surface area contributed by atoms with Crippen LogP contribution in [-0.4, -0.2) is 22.8 Å². The van der Waals surface area contributed by atoms with Gasteiger partial charge < -0.3 is 10.1 Å². The van der Waals surface area contributed by atoms with Crippen LogP contribution in [-0.2, 0) is 20.1 Å². The van der Waals surface area contributed by atoms with Gasteiger partial charge in [-0.1, -0.05) is 106 Å². The molecule has 0 atom stereocenters. The van der Waals surface area contributed by atoms with Gasteiger partial charge in [0.1, 0.15) is 5.75 Å². The summed E-state index contributed by atoms with van der Waals surface area (Å²) in [4.78, 5) is 9.45. The standard InChI is InChI=1S/C20H12NO.C17H29N2.Ir/c1-12-8-15-6-7-21-20-16-10-13-4-2-3-5-14(13)11-17(16)22-18(9-12)19(15)20;1-14(18-16-9-5-3-6-10-16)13-15(2)19-17-11-7-4-8-12-17;/h2-9,11H,1H3;13,16-17H,3-12H2,1-2H3;/q2*-1;/b;14-13-,19-15?;. The van der Waals surface area contributed by atoms with Crippen molar-refractivity contribution in [2.24, 2.45) is 4.99 Å². The predicted molar refractivity (Wildman–Crippen MR) is 172 cm³/mol. The smallest absolute Gasteiger partial charge is 0.119 e. The zero-order valence-electron chi connectivity index (χ0n) is 25.1. The molecule has 42 heavy (non-hydrogen) atoms. The van der Waals surface area contributed by atoms with Crippen molar-refractivity contribution in [3.63, 3.8) is 0 Å². The summed E-state index contributed by atoms with van der Waals surface area (Å²) in [5.74, 6) is 1.71. The second kappa shape index (κ2) is 14.0. The van der Waals surface area contributed by atoms with E-state index in [2.05, 4.69) is 68.2 Å². The molecule has 0 saturated heterocycles. The van der Waals surface area contributed by atoms with Crippen LogP contribution in [0.15, 0.2) is 71.5 Å². The van der Waals surface area contributed by atoms with Crippen molar-refractivity contribution in [3.05, 3.63) is 83.4 Å². The third-order valence-electron chi connectivity index (χ3n) is 8.52. The van der Waals surface area contributed by atoms with Crippen molar-refractivity contribution < 1.29 is 24.8 Å². The summed E-state index contributed by atoms with van der Waals surface area (Å²) >= 11 is 0. The molecule has 5 heteroatoms. The molecule has 4 nitrogen and oxygen atoms in total. The second-order valence-electron chi connectivity index (χ2n) is 12.0. The van der Waals surface area contributed by atoms with Gasteiger partial charge in [0.2, 0.25) is 0 Å². The predicted octanol–water partition coefficient (Wildman–Crippen LogP) is 10.7. The second-order valence-corrected chi connectivity index (χ2v) is 12.0. The van der Waals surface area contributed by atoms with Crippen molar-refractivity contribution in [3.8, 4) is 22.8 Å². The summed E-state index contributed by atoms with van der Waals surface area (Å²) in [6, 6.07) is 21.2. The van der Waals surface area contributed by atoms with Gasteiger partial charge in [-0.25, -0.2) is 0 Å². The molecule has 0 spiro atoms. The third kappa shape index (κ3) is 7.13. The fraction of sp³-hybridized carbons (Fsp3) is 0.405. The molecular weight excluding hydrogens is 695 g/mol. The maximum absolute atomic E-state index is 6.17. The molecule has 1 radical (unpaired) electrons. The van der Waals surface area contributed by atoms with Crippen LogP contribution in [0.5, 0.6) is 11.5 Å². The van der Waals surface area contributed by atoms with E-state index in [1.165, 1.54) is 81.2 Å². The maximum atomic E-state index is 6.17. The summed E-state index contributed by atoms with van der Waals surface area (Å²) in [7, 11) is 0. The van der Waals surface area contributed by atoms with E-state index < -0.39 is 0 Å². The fourth-order valence-corrected chi connectivity index (χ4v) is 6.59. The molecule has 0 bridgehead atoms. The van der Waals surface area contributed by atoms with Gasteiger partial charge in [0.15, 0.2) is 0 Å². The third-order valence-corrected chi connectivity index (χ3v) is 8.52. The number of fused-ring (bicyclic) bond motifs is 3. The first kappa shape index (κ1) is 30.4. The first-order valence-electron chi connectivity index (χ1n) is 15.5. The first-order valence-corrected chi connectivity index (χ1v) is 15.5. The molecule has 3 aromatic carbocycles. The summed E-state index contributed by atoms with van der Waals surface area (Å²) in [5.41, 5.74) is 5.43. The molecule has 7 rings (SSSR count). The van der Waals surface area contributed by atoms with E-state index in [1.54, 1.807) is 0 Å². The molecule has 2 fully saturated rings. The Balaban J connectivity index is 0.000000166. The van der Waals surface area contributed by atoms with Gasteiger partial charge in [0.25, 0.3) is 0 Å². The minimum Gasteiger partial charge on any atom is -0.685 e. The van der Waals surface area contributed by atoms with Gasteiger partial charge in [-0.15, -0.1) is 23.6 Å². The summed E-state index contributed by atoms with van der Waals surface area (Å²) in [6.45, 7) is 6.35. The Hall–Kier alpha value is -3.01. The number of rotatable bonds is 4. The molecule has 2 saturated carbocycles. The number of allylic oxidation sites excluding steroid dienone is 2. The Kier molecular flexibility index (Phi) is 10.1. The number of pyridine rings is 1. The Labute approximate surface area is 264 Å². The summed E-state index contributed by atoms with van der Waals surface area (Å²) in [5, 5.41) is 9.30. The minimum absolute atomic E-state index is 0. The largest absolute Gasteiger partial charge is 0.685 e. The van der Waals surface area contributed by atoms with Gasteiger partial charge in [-0.2, -0.15) is 5.70 Å². The molecule has 4 aromatic rings. The van der Waals surface area contributed by atoms with E-state index >= 15 is 0 Å². The Bertz CT molecular complexity index is 1600. The van der Waals surface area contributed by atoms with Crippen LogP contribution < -0.4 is 4.74 Å². The topological polar surface area (TPSA) is 48.6 Å². The number of aryl methyl sites for hydroxylation is 1. The van der Waals surface area contributed by atoms with Crippen LogP contribution in [0.3, 0.4) is 0 Å². The minimum atomic E-state index is 0. The van der Waals surface area contributed by atoms with Crippen LogP contribution in [0.2, 0.25) is 0 Å². The molecule has 2 aliphatic carbocycles. The summed E-state index contributed by atoms with van der Waals surface area (Å²) in [6.07, 6.45) is 17.4. The van der Waals surface area contributed by atoms with Crippen molar-refractivity contribution in [2.45, 2.75) is 97.1 Å². The van der Waals surface area contributed by atoms with Crippen molar-refractivity contribution in [1.29, 1.82) is 0 Å². The molecule has 3 aliphatic rings. The van der Waals surface area contributed by atoms with Gasteiger partial charge in [-0.05, 0) is 49.8 Å². The van der Waals surface area contributed by atoms with E-state index in [-0.39, 0.29) is 20.1 Å². The van der Waals surface area contributed by atoms with Gasteiger partial charge in [-0.3, -0.25) is 9.98 Å². The number of hydrogen-bond donors (Lipinski definition) is 0. The average molecular weight is 736 g/mol. The number of aliphatic imine (C=N–C) groups is 1. The quantitative estimate of drug-likeness (QED) is 0.136. The Morgan fingerprint density at radius 2 is 1.64 bits per heavy atom. The molecule has 1 aliphatic heterocycles. The summed E-state index contributed by atoms with van der Waals surface area (Å²) < 4.78 is 6.17. The first-order chi connectivity index (χ1) is 20.0. The van der Waals surface area contributed by atoms with E-state index in [0.717, 1.165) is 44.3 Å². The Morgan fingerprint density at radius 3 is 2.43 bits per heavy atom. The van der Waals surface area contributed by atoms with Crippen molar-refractivity contribution in [1.82, 2.24) is 4.98 Å². The number of ether oxygens (including phenoxy) is 1. The molecule has 0 amide bonds. The molecule has 221 valence electrons. The number of benzene rings is 3. The zero-order valence-corrected chi connectivity index (χ0v) is 27.5. The van der Waals surface area contributed by atoms with E-state index in [1.807, 2.05) is 24.4 Å². The zero-order chi connectivity index (χ0) is 28.2. The van der Waals surface area contributed by atoms with Crippen LogP contribution in [0.4, 0.5) is 0 Å². The molecule has 1 aromatic heterocycles. The molecule has 0 unspecified atom stereocenters. The van der Waals surface area contributed by atoms with E-state index in [0.29, 0.717) is 12.1 Å². The average Bonchev–Trinajstić information content (AvgIpc) is 2.97. The molecule has 2 heterocycles.